The molecule has 5 nitrogen and oxygen atoms in total. The first-order valence-corrected chi connectivity index (χ1v) is 9.90. The van der Waals surface area contributed by atoms with Crippen LogP contribution in [-0.4, -0.2) is 23.8 Å². The van der Waals surface area contributed by atoms with E-state index in [1.54, 1.807) is 13.3 Å². The van der Waals surface area contributed by atoms with Crippen LogP contribution in [0.5, 0.6) is 17.2 Å². The molecule has 0 N–H and O–H groups in total. The highest BCUT2D eigenvalue weighted by atomic mass is 16.7. The van der Waals surface area contributed by atoms with Crippen LogP contribution < -0.4 is 14.2 Å². The van der Waals surface area contributed by atoms with Crippen molar-refractivity contribution in [1.29, 1.82) is 0 Å². The number of benzene rings is 2. The smallest absolute Gasteiger partial charge is 0.231 e. The fourth-order valence-corrected chi connectivity index (χ4v) is 3.58. The first kappa shape index (κ1) is 19.3. The predicted octanol–water partition coefficient (Wildman–Crippen LogP) is 4.58. The van der Waals surface area contributed by atoms with Crippen LogP contribution >= 0.6 is 0 Å². The van der Waals surface area contributed by atoms with Crippen molar-refractivity contribution in [1.82, 2.24) is 9.88 Å². The van der Waals surface area contributed by atoms with Crippen LogP contribution in [0, 0.1) is 0 Å². The molecule has 150 valence electrons. The zero-order valence-corrected chi connectivity index (χ0v) is 16.9. The summed E-state index contributed by atoms with van der Waals surface area (Å²) in [6.07, 6.45) is 4.77. The number of aryl methyl sites for hydroxylation is 1. The van der Waals surface area contributed by atoms with Gasteiger partial charge in [0, 0.05) is 43.7 Å². The monoisotopic (exact) mass is 390 g/mol. The molecule has 0 unspecified atom stereocenters. The number of methoxy groups -OCH3 is 1. The summed E-state index contributed by atoms with van der Waals surface area (Å²) >= 11 is 0. The first-order chi connectivity index (χ1) is 14.2. The van der Waals surface area contributed by atoms with Crippen molar-refractivity contribution in [2.24, 2.45) is 0 Å². The van der Waals surface area contributed by atoms with Gasteiger partial charge in [0.05, 0.1) is 7.11 Å². The summed E-state index contributed by atoms with van der Waals surface area (Å²) in [5, 5.41) is 0. The Balaban J connectivity index is 1.59. The summed E-state index contributed by atoms with van der Waals surface area (Å²) in [4.78, 5) is 6.65. The third-order valence-corrected chi connectivity index (χ3v) is 5.14. The average Bonchev–Trinajstić information content (AvgIpc) is 3.21. The van der Waals surface area contributed by atoms with Crippen LogP contribution in [-0.2, 0) is 26.1 Å². The lowest BCUT2D eigenvalue weighted by Crippen LogP contribution is -2.23. The number of ether oxygens (including phenoxy) is 3. The first-order valence-electron chi connectivity index (χ1n) is 9.90. The van der Waals surface area contributed by atoms with Crippen LogP contribution in [0.2, 0.25) is 0 Å². The van der Waals surface area contributed by atoms with Gasteiger partial charge in [-0.05, 0) is 35.2 Å². The van der Waals surface area contributed by atoms with Crippen LogP contribution in [0.3, 0.4) is 0 Å². The van der Waals surface area contributed by atoms with Gasteiger partial charge < -0.3 is 14.2 Å². The number of nitrogens with zero attached hydrogens (tertiary/aromatic N) is 2. The van der Waals surface area contributed by atoms with Crippen molar-refractivity contribution in [2.75, 3.05) is 13.9 Å². The van der Waals surface area contributed by atoms with E-state index in [-0.39, 0.29) is 6.79 Å². The number of hydrogen-bond donors (Lipinski definition) is 0. The van der Waals surface area contributed by atoms with Crippen molar-refractivity contribution in [2.45, 2.75) is 33.0 Å². The fraction of sp³-hybridized carbons (Fsp3) is 0.292. The predicted molar refractivity (Wildman–Crippen MR) is 112 cm³/mol. The molecule has 1 aromatic heterocycles. The highest BCUT2D eigenvalue weighted by Crippen LogP contribution is 2.38. The van der Waals surface area contributed by atoms with E-state index in [1.807, 2.05) is 24.4 Å². The van der Waals surface area contributed by atoms with Crippen molar-refractivity contribution < 1.29 is 14.2 Å². The Bertz CT molecular complexity index is 942. The summed E-state index contributed by atoms with van der Waals surface area (Å²) in [5.41, 5.74) is 4.89. The molecule has 0 radical (unpaired) electrons. The molecule has 2 heterocycles. The Morgan fingerprint density at radius 2 is 1.66 bits per heavy atom. The lowest BCUT2D eigenvalue weighted by Gasteiger charge is -2.24. The van der Waals surface area contributed by atoms with E-state index in [4.69, 9.17) is 14.2 Å². The van der Waals surface area contributed by atoms with Crippen molar-refractivity contribution in [3.05, 3.63) is 83.2 Å². The highest BCUT2D eigenvalue weighted by molar-refractivity contribution is 5.51. The van der Waals surface area contributed by atoms with Gasteiger partial charge in [-0.1, -0.05) is 37.3 Å². The van der Waals surface area contributed by atoms with Gasteiger partial charge in [0.1, 0.15) is 5.75 Å². The van der Waals surface area contributed by atoms with Crippen LogP contribution in [0.1, 0.15) is 29.2 Å². The van der Waals surface area contributed by atoms with Crippen LogP contribution in [0.4, 0.5) is 0 Å². The quantitative estimate of drug-likeness (QED) is 0.563. The Kier molecular flexibility index (Phi) is 5.96. The number of pyridine rings is 1. The maximum Gasteiger partial charge on any atom is 0.231 e. The summed E-state index contributed by atoms with van der Waals surface area (Å²) in [7, 11) is 1.69. The molecule has 29 heavy (non-hydrogen) atoms. The normalized spacial score (nSPS) is 12.4. The molecular formula is C24H26N2O3. The second-order valence-corrected chi connectivity index (χ2v) is 7.19. The Labute approximate surface area is 171 Å². The fourth-order valence-electron chi connectivity index (χ4n) is 3.58. The highest BCUT2D eigenvalue weighted by Gasteiger charge is 2.19. The second kappa shape index (κ2) is 8.97. The minimum Gasteiger partial charge on any atom is -0.496 e. The molecule has 0 saturated carbocycles. The molecular weight excluding hydrogens is 364 g/mol. The topological polar surface area (TPSA) is 43.8 Å². The molecule has 0 spiro atoms. The number of fused-ring (bicyclic) bond motifs is 1. The molecule has 1 aliphatic heterocycles. The van der Waals surface area contributed by atoms with Crippen molar-refractivity contribution >= 4 is 0 Å². The molecule has 4 rings (SSSR count). The number of aromatic nitrogens is 1. The molecule has 0 aliphatic carbocycles. The van der Waals surface area contributed by atoms with Gasteiger partial charge in [0.2, 0.25) is 6.79 Å². The van der Waals surface area contributed by atoms with Gasteiger partial charge >= 0.3 is 0 Å². The Hall–Kier alpha value is -3.05. The summed E-state index contributed by atoms with van der Waals surface area (Å²) in [5.74, 6) is 2.32. The summed E-state index contributed by atoms with van der Waals surface area (Å²) in [6.45, 7) is 4.78. The molecule has 3 aromatic rings. The van der Waals surface area contributed by atoms with Gasteiger partial charge in [-0.25, -0.2) is 0 Å². The maximum absolute atomic E-state index is 5.63. The minimum absolute atomic E-state index is 0.255. The largest absolute Gasteiger partial charge is 0.496 e. The molecule has 0 bridgehead atoms. The number of rotatable bonds is 8. The van der Waals surface area contributed by atoms with Gasteiger partial charge in [-0.15, -0.1) is 0 Å². The van der Waals surface area contributed by atoms with E-state index >= 15 is 0 Å². The van der Waals surface area contributed by atoms with E-state index in [1.165, 1.54) is 16.7 Å². The molecule has 5 heteroatoms. The van der Waals surface area contributed by atoms with Gasteiger partial charge in [0.25, 0.3) is 0 Å². The zero-order valence-electron chi connectivity index (χ0n) is 16.9. The lowest BCUT2D eigenvalue weighted by molar-refractivity contribution is 0.173. The molecule has 0 atom stereocenters. The average molecular weight is 390 g/mol. The van der Waals surface area contributed by atoms with E-state index in [9.17, 15) is 0 Å². The molecule has 0 fully saturated rings. The second-order valence-electron chi connectivity index (χ2n) is 7.19. The van der Waals surface area contributed by atoms with Gasteiger partial charge in [-0.3, -0.25) is 9.88 Å². The van der Waals surface area contributed by atoms with Gasteiger partial charge in [-0.2, -0.15) is 0 Å². The third kappa shape index (κ3) is 4.69. The van der Waals surface area contributed by atoms with Crippen molar-refractivity contribution in [3.63, 3.8) is 0 Å². The molecule has 1 aliphatic rings. The summed E-state index contributed by atoms with van der Waals surface area (Å²) < 4.78 is 16.7. The van der Waals surface area contributed by atoms with Gasteiger partial charge in [0.15, 0.2) is 11.5 Å². The standard InChI is InChI=1S/C24H26N2O3/c1-3-18-6-8-19(9-7-18)14-26(15-20-5-4-10-25-13-20)16-21-11-23-24(29-17-28-23)12-22(21)27-2/h4-13H,3,14-17H2,1-2H3. The Morgan fingerprint density at radius 1 is 0.931 bits per heavy atom. The van der Waals surface area contributed by atoms with E-state index < -0.39 is 0 Å². The molecule has 0 saturated heterocycles. The van der Waals surface area contributed by atoms with Crippen molar-refractivity contribution in [3.8, 4) is 17.2 Å². The van der Waals surface area contributed by atoms with E-state index in [2.05, 4.69) is 47.1 Å². The van der Waals surface area contributed by atoms with Crippen LogP contribution in [0.25, 0.3) is 0 Å². The molecule has 2 aromatic carbocycles. The Morgan fingerprint density at radius 3 is 2.34 bits per heavy atom. The maximum atomic E-state index is 5.63. The third-order valence-electron chi connectivity index (χ3n) is 5.14. The van der Waals surface area contributed by atoms with Crippen LogP contribution in [0.15, 0.2) is 60.9 Å². The minimum atomic E-state index is 0.255. The van der Waals surface area contributed by atoms with E-state index in [0.29, 0.717) is 0 Å². The molecule has 0 amide bonds. The summed E-state index contributed by atoms with van der Waals surface area (Å²) in [6, 6.07) is 16.9. The lowest BCUT2D eigenvalue weighted by atomic mass is 10.1. The zero-order chi connectivity index (χ0) is 20.1. The SMILES string of the molecule is CCc1ccc(CN(Cc2cccnc2)Cc2cc3c(cc2OC)OCO3)cc1. The van der Waals surface area contributed by atoms with E-state index in [0.717, 1.165) is 48.9 Å². The number of hydrogen-bond acceptors (Lipinski definition) is 5.